The molecule has 1 saturated heterocycles. The molecular weight excluding hydrogens is 226 g/mol. The van der Waals surface area contributed by atoms with Gasteiger partial charge in [0.15, 0.2) is 0 Å². The van der Waals surface area contributed by atoms with Gasteiger partial charge in [0.05, 0.1) is 5.41 Å². The third-order valence-corrected chi connectivity index (χ3v) is 4.59. The molecule has 1 atom stereocenters. The van der Waals surface area contributed by atoms with Gasteiger partial charge in [-0.05, 0) is 42.9 Å². The fraction of sp³-hybridized carbons (Fsp3) is 0.533. The van der Waals surface area contributed by atoms with Crippen molar-refractivity contribution in [2.24, 2.45) is 0 Å². The summed E-state index contributed by atoms with van der Waals surface area (Å²) in [7, 11) is 0. The van der Waals surface area contributed by atoms with Gasteiger partial charge in [-0.2, -0.15) is 0 Å². The SMILES string of the molecule is O=C(O)C1(c2cccc(C3CCNC3)c2)CCC1. The second-order valence-corrected chi connectivity index (χ2v) is 5.56. The largest absolute Gasteiger partial charge is 0.481 e. The van der Waals surface area contributed by atoms with Crippen LogP contribution in [0.25, 0.3) is 0 Å². The van der Waals surface area contributed by atoms with Crippen molar-refractivity contribution < 1.29 is 9.90 Å². The van der Waals surface area contributed by atoms with E-state index in [1.807, 2.05) is 12.1 Å². The number of carboxylic acids is 1. The van der Waals surface area contributed by atoms with Crippen LogP contribution in [0, 0.1) is 0 Å². The van der Waals surface area contributed by atoms with Crippen LogP contribution in [0.5, 0.6) is 0 Å². The summed E-state index contributed by atoms with van der Waals surface area (Å²) in [6.45, 7) is 2.09. The summed E-state index contributed by atoms with van der Waals surface area (Å²) < 4.78 is 0. The minimum atomic E-state index is -0.657. The summed E-state index contributed by atoms with van der Waals surface area (Å²) in [5.41, 5.74) is 1.71. The molecule has 2 N–H and O–H groups in total. The van der Waals surface area contributed by atoms with E-state index in [1.165, 1.54) is 5.56 Å². The Hall–Kier alpha value is -1.35. The van der Waals surface area contributed by atoms with E-state index < -0.39 is 11.4 Å². The van der Waals surface area contributed by atoms with Crippen LogP contribution in [0.2, 0.25) is 0 Å². The fourth-order valence-corrected chi connectivity index (χ4v) is 3.19. The van der Waals surface area contributed by atoms with E-state index in [1.54, 1.807) is 0 Å². The summed E-state index contributed by atoms with van der Waals surface area (Å²) in [6, 6.07) is 8.27. The molecule has 3 heteroatoms. The van der Waals surface area contributed by atoms with Crippen molar-refractivity contribution in [2.45, 2.75) is 37.0 Å². The van der Waals surface area contributed by atoms with E-state index in [0.717, 1.165) is 44.3 Å². The Morgan fingerprint density at radius 1 is 1.39 bits per heavy atom. The number of benzene rings is 1. The average molecular weight is 245 g/mol. The third-order valence-electron chi connectivity index (χ3n) is 4.59. The molecular formula is C15H19NO2. The maximum Gasteiger partial charge on any atom is 0.314 e. The highest BCUT2D eigenvalue weighted by Gasteiger charge is 2.46. The molecule has 1 unspecified atom stereocenters. The minimum absolute atomic E-state index is 0.552. The molecule has 0 radical (unpaired) electrons. The summed E-state index contributed by atoms with van der Waals surface area (Å²) in [4.78, 5) is 11.5. The number of aliphatic carboxylic acids is 1. The molecule has 3 nitrogen and oxygen atoms in total. The minimum Gasteiger partial charge on any atom is -0.481 e. The monoisotopic (exact) mass is 245 g/mol. The lowest BCUT2D eigenvalue weighted by Crippen LogP contribution is -2.42. The molecule has 1 aliphatic heterocycles. The Labute approximate surface area is 107 Å². The molecule has 18 heavy (non-hydrogen) atoms. The van der Waals surface area contributed by atoms with Crippen molar-refractivity contribution in [1.29, 1.82) is 0 Å². The topological polar surface area (TPSA) is 49.3 Å². The van der Waals surface area contributed by atoms with Crippen LogP contribution in [-0.2, 0) is 10.2 Å². The van der Waals surface area contributed by atoms with Crippen molar-refractivity contribution >= 4 is 5.97 Å². The highest BCUT2D eigenvalue weighted by Crippen LogP contribution is 2.44. The Balaban J connectivity index is 1.92. The van der Waals surface area contributed by atoms with E-state index in [9.17, 15) is 9.90 Å². The maximum atomic E-state index is 11.5. The smallest absolute Gasteiger partial charge is 0.314 e. The van der Waals surface area contributed by atoms with Crippen LogP contribution in [0.15, 0.2) is 24.3 Å². The first kappa shape index (κ1) is 11.7. The molecule has 0 aromatic heterocycles. The predicted octanol–water partition coefficient (Wildman–Crippen LogP) is 2.27. The maximum absolute atomic E-state index is 11.5. The number of carboxylic acid groups (broad SMARTS) is 1. The Kier molecular flexibility index (Phi) is 2.86. The summed E-state index contributed by atoms with van der Waals surface area (Å²) >= 11 is 0. The molecule has 0 spiro atoms. The molecule has 96 valence electrons. The van der Waals surface area contributed by atoms with Gasteiger partial charge >= 0.3 is 5.97 Å². The van der Waals surface area contributed by atoms with Gasteiger partial charge in [-0.15, -0.1) is 0 Å². The quantitative estimate of drug-likeness (QED) is 0.859. The van der Waals surface area contributed by atoms with E-state index in [-0.39, 0.29) is 0 Å². The van der Waals surface area contributed by atoms with Crippen LogP contribution in [0.4, 0.5) is 0 Å². The average Bonchev–Trinajstić information content (AvgIpc) is 2.80. The number of carbonyl (C=O) groups is 1. The van der Waals surface area contributed by atoms with Gasteiger partial charge in [0.1, 0.15) is 0 Å². The fourth-order valence-electron chi connectivity index (χ4n) is 3.19. The molecule has 1 heterocycles. The zero-order valence-corrected chi connectivity index (χ0v) is 10.5. The van der Waals surface area contributed by atoms with Gasteiger partial charge in [0, 0.05) is 6.54 Å². The second-order valence-electron chi connectivity index (χ2n) is 5.56. The normalized spacial score (nSPS) is 25.7. The molecule has 1 aliphatic carbocycles. The van der Waals surface area contributed by atoms with Gasteiger partial charge in [-0.25, -0.2) is 0 Å². The first-order valence-corrected chi connectivity index (χ1v) is 6.77. The van der Waals surface area contributed by atoms with Crippen LogP contribution < -0.4 is 5.32 Å². The first-order chi connectivity index (χ1) is 8.72. The van der Waals surface area contributed by atoms with Crippen LogP contribution >= 0.6 is 0 Å². The van der Waals surface area contributed by atoms with Gasteiger partial charge < -0.3 is 10.4 Å². The number of hydrogen-bond donors (Lipinski definition) is 2. The third kappa shape index (κ3) is 1.74. The van der Waals surface area contributed by atoms with E-state index >= 15 is 0 Å². The van der Waals surface area contributed by atoms with Crippen molar-refractivity contribution in [3.8, 4) is 0 Å². The van der Waals surface area contributed by atoms with Crippen molar-refractivity contribution in [3.63, 3.8) is 0 Å². The molecule has 2 aliphatic rings. The number of nitrogens with one attached hydrogen (secondary N) is 1. The summed E-state index contributed by atoms with van der Waals surface area (Å²) in [5.74, 6) is -0.105. The highest BCUT2D eigenvalue weighted by molar-refractivity contribution is 5.82. The molecule has 0 bridgehead atoms. The Morgan fingerprint density at radius 2 is 2.22 bits per heavy atom. The van der Waals surface area contributed by atoms with Crippen molar-refractivity contribution in [1.82, 2.24) is 5.32 Å². The zero-order valence-electron chi connectivity index (χ0n) is 10.5. The van der Waals surface area contributed by atoms with Gasteiger partial charge in [0.25, 0.3) is 0 Å². The van der Waals surface area contributed by atoms with Gasteiger partial charge in [-0.3, -0.25) is 4.79 Å². The molecule has 1 saturated carbocycles. The molecule has 1 aromatic carbocycles. The predicted molar refractivity (Wildman–Crippen MR) is 69.8 cm³/mol. The summed E-state index contributed by atoms with van der Waals surface area (Å²) in [6.07, 6.45) is 3.76. The van der Waals surface area contributed by atoms with E-state index in [4.69, 9.17) is 0 Å². The van der Waals surface area contributed by atoms with Gasteiger partial charge in [-0.1, -0.05) is 30.7 Å². The van der Waals surface area contributed by atoms with Gasteiger partial charge in [0.2, 0.25) is 0 Å². The van der Waals surface area contributed by atoms with Crippen LogP contribution in [0.1, 0.15) is 42.7 Å². The summed E-state index contributed by atoms with van der Waals surface area (Å²) in [5, 5.41) is 12.8. The Bertz CT molecular complexity index is 459. The highest BCUT2D eigenvalue weighted by atomic mass is 16.4. The lowest BCUT2D eigenvalue weighted by Gasteiger charge is -2.38. The Morgan fingerprint density at radius 3 is 2.78 bits per heavy atom. The van der Waals surface area contributed by atoms with Crippen LogP contribution in [-0.4, -0.2) is 24.2 Å². The van der Waals surface area contributed by atoms with Crippen molar-refractivity contribution in [2.75, 3.05) is 13.1 Å². The van der Waals surface area contributed by atoms with E-state index in [2.05, 4.69) is 17.4 Å². The van der Waals surface area contributed by atoms with E-state index in [0.29, 0.717) is 5.92 Å². The lowest BCUT2D eigenvalue weighted by atomic mass is 9.64. The lowest BCUT2D eigenvalue weighted by molar-refractivity contribution is -0.147. The first-order valence-electron chi connectivity index (χ1n) is 6.77. The standard InChI is InChI=1S/C15H19NO2/c17-14(18)15(6-2-7-15)13-4-1-3-11(9-13)12-5-8-16-10-12/h1,3-4,9,12,16H,2,5-8,10H2,(H,17,18). The molecule has 2 fully saturated rings. The van der Waals surface area contributed by atoms with Crippen LogP contribution in [0.3, 0.4) is 0 Å². The number of hydrogen-bond acceptors (Lipinski definition) is 2. The van der Waals surface area contributed by atoms with Crippen molar-refractivity contribution in [3.05, 3.63) is 35.4 Å². The number of rotatable bonds is 3. The molecule has 1 aromatic rings. The molecule has 0 amide bonds. The second kappa shape index (κ2) is 4.39. The zero-order chi connectivity index (χ0) is 12.6. The molecule has 3 rings (SSSR count).